The minimum absolute atomic E-state index is 0.0280. The SMILES string of the molecule is CC1(C)C(=O)NCCN1c1ccc(/C=C/C(=O)O)c(Cl)c1. The van der Waals surface area contributed by atoms with Gasteiger partial charge < -0.3 is 15.3 Å². The number of piperazine rings is 1. The Morgan fingerprint density at radius 2 is 2.19 bits per heavy atom. The van der Waals surface area contributed by atoms with Gasteiger partial charge in [0.05, 0.1) is 0 Å². The van der Waals surface area contributed by atoms with Crippen LogP contribution < -0.4 is 10.2 Å². The Bertz CT molecular complexity index is 611. The fourth-order valence-corrected chi connectivity index (χ4v) is 2.57. The highest BCUT2D eigenvalue weighted by Crippen LogP contribution is 2.30. The summed E-state index contributed by atoms with van der Waals surface area (Å²) < 4.78 is 0. The van der Waals surface area contributed by atoms with Gasteiger partial charge in [0, 0.05) is 29.9 Å². The zero-order valence-corrected chi connectivity index (χ0v) is 12.6. The number of hydrogen-bond acceptors (Lipinski definition) is 3. The minimum Gasteiger partial charge on any atom is -0.478 e. The Hall–Kier alpha value is -2.01. The van der Waals surface area contributed by atoms with E-state index in [2.05, 4.69) is 5.32 Å². The number of nitrogens with one attached hydrogen (secondary N) is 1. The maximum Gasteiger partial charge on any atom is 0.328 e. The molecule has 21 heavy (non-hydrogen) atoms. The first-order chi connectivity index (χ1) is 9.82. The van der Waals surface area contributed by atoms with Crippen molar-refractivity contribution in [2.75, 3.05) is 18.0 Å². The summed E-state index contributed by atoms with van der Waals surface area (Å²) in [6, 6.07) is 5.34. The maximum absolute atomic E-state index is 12.0. The van der Waals surface area contributed by atoms with Gasteiger partial charge in [-0.3, -0.25) is 4.79 Å². The van der Waals surface area contributed by atoms with Crippen LogP contribution in [0, 0.1) is 0 Å². The fourth-order valence-electron chi connectivity index (χ4n) is 2.33. The average molecular weight is 309 g/mol. The lowest BCUT2D eigenvalue weighted by molar-refractivity contribution is -0.131. The van der Waals surface area contributed by atoms with Crippen molar-refractivity contribution in [1.82, 2.24) is 5.32 Å². The molecule has 1 amide bonds. The van der Waals surface area contributed by atoms with Crippen LogP contribution >= 0.6 is 11.6 Å². The number of anilines is 1. The lowest BCUT2D eigenvalue weighted by Crippen LogP contribution is -2.62. The zero-order valence-electron chi connectivity index (χ0n) is 11.9. The third kappa shape index (κ3) is 3.19. The topological polar surface area (TPSA) is 69.6 Å². The molecular weight excluding hydrogens is 292 g/mol. The molecule has 0 unspecified atom stereocenters. The van der Waals surface area contributed by atoms with Crippen molar-refractivity contribution in [2.24, 2.45) is 0 Å². The van der Waals surface area contributed by atoms with Gasteiger partial charge in [0.1, 0.15) is 5.54 Å². The van der Waals surface area contributed by atoms with Gasteiger partial charge in [0.15, 0.2) is 0 Å². The van der Waals surface area contributed by atoms with Crippen molar-refractivity contribution < 1.29 is 14.7 Å². The summed E-state index contributed by atoms with van der Waals surface area (Å²) in [6.07, 6.45) is 2.49. The minimum atomic E-state index is -1.02. The van der Waals surface area contributed by atoms with Crippen LogP contribution in [0.25, 0.3) is 6.08 Å². The smallest absolute Gasteiger partial charge is 0.328 e. The molecule has 2 rings (SSSR count). The fraction of sp³-hybridized carbons (Fsp3) is 0.333. The summed E-state index contributed by atoms with van der Waals surface area (Å²) in [5, 5.41) is 11.9. The first kappa shape index (κ1) is 15.4. The monoisotopic (exact) mass is 308 g/mol. The Morgan fingerprint density at radius 1 is 1.48 bits per heavy atom. The van der Waals surface area contributed by atoms with E-state index in [0.29, 0.717) is 23.7 Å². The van der Waals surface area contributed by atoms with Crippen molar-refractivity contribution in [1.29, 1.82) is 0 Å². The molecule has 1 aliphatic rings. The number of halogens is 1. The van der Waals surface area contributed by atoms with Crippen molar-refractivity contribution in [2.45, 2.75) is 19.4 Å². The molecule has 0 bridgehead atoms. The van der Waals surface area contributed by atoms with Crippen LogP contribution in [-0.4, -0.2) is 35.6 Å². The molecule has 6 heteroatoms. The molecular formula is C15H17ClN2O3. The highest BCUT2D eigenvalue weighted by Gasteiger charge is 2.37. The largest absolute Gasteiger partial charge is 0.478 e. The molecule has 0 aliphatic carbocycles. The van der Waals surface area contributed by atoms with E-state index in [9.17, 15) is 9.59 Å². The number of hydrogen-bond donors (Lipinski definition) is 2. The molecule has 112 valence electrons. The zero-order chi connectivity index (χ0) is 15.6. The van der Waals surface area contributed by atoms with Gasteiger partial charge in [-0.15, -0.1) is 0 Å². The molecule has 0 spiro atoms. The number of carboxylic acid groups (broad SMARTS) is 1. The number of aliphatic carboxylic acids is 1. The number of amides is 1. The summed E-state index contributed by atoms with van der Waals surface area (Å²) >= 11 is 6.19. The van der Waals surface area contributed by atoms with E-state index in [0.717, 1.165) is 11.8 Å². The Labute approximate surface area is 128 Å². The average Bonchev–Trinajstić information content (AvgIpc) is 2.40. The molecule has 2 N–H and O–H groups in total. The molecule has 0 aromatic heterocycles. The standard InChI is InChI=1S/C15H17ClN2O3/c1-15(2)14(21)17-7-8-18(15)11-5-3-10(12(16)9-11)4-6-13(19)20/h3-6,9H,7-8H2,1-2H3,(H,17,21)(H,19,20)/b6-4+. The molecule has 1 fully saturated rings. The predicted molar refractivity (Wildman–Crippen MR) is 82.6 cm³/mol. The molecule has 5 nitrogen and oxygen atoms in total. The summed E-state index contributed by atoms with van der Waals surface area (Å²) in [5.74, 6) is -1.05. The van der Waals surface area contributed by atoms with E-state index in [4.69, 9.17) is 16.7 Å². The van der Waals surface area contributed by atoms with E-state index < -0.39 is 11.5 Å². The van der Waals surface area contributed by atoms with Gasteiger partial charge in [-0.2, -0.15) is 0 Å². The van der Waals surface area contributed by atoms with Gasteiger partial charge >= 0.3 is 5.97 Å². The molecule has 1 aromatic rings. The molecule has 0 radical (unpaired) electrons. The second-order valence-electron chi connectivity index (χ2n) is 5.34. The maximum atomic E-state index is 12.0. The van der Waals surface area contributed by atoms with Crippen LogP contribution in [0.15, 0.2) is 24.3 Å². The number of carbonyl (C=O) groups is 2. The highest BCUT2D eigenvalue weighted by molar-refractivity contribution is 6.32. The second kappa shape index (κ2) is 5.77. The quantitative estimate of drug-likeness (QED) is 0.840. The van der Waals surface area contributed by atoms with Crippen molar-refractivity contribution in [3.05, 3.63) is 34.9 Å². The summed E-state index contributed by atoms with van der Waals surface area (Å²) in [4.78, 5) is 24.5. The van der Waals surface area contributed by atoms with Crippen molar-refractivity contribution in [3.63, 3.8) is 0 Å². The molecule has 1 saturated heterocycles. The molecule has 1 aliphatic heterocycles. The van der Waals surface area contributed by atoms with E-state index >= 15 is 0 Å². The van der Waals surface area contributed by atoms with E-state index in [-0.39, 0.29) is 5.91 Å². The molecule has 0 saturated carbocycles. The lowest BCUT2D eigenvalue weighted by atomic mass is 9.97. The normalized spacial score (nSPS) is 17.9. The number of rotatable bonds is 3. The van der Waals surface area contributed by atoms with E-state index in [1.165, 1.54) is 6.08 Å². The third-order valence-corrected chi connectivity index (χ3v) is 3.88. The highest BCUT2D eigenvalue weighted by atomic mass is 35.5. The van der Waals surface area contributed by atoms with E-state index in [1.54, 1.807) is 12.1 Å². The van der Waals surface area contributed by atoms with Gasteiger partial charge in [-0.1, -0.05) is 17.7 Å². The lowest BCUT2D eigenvalue weighted by Gasteiger charge is -2.43. The number of benzene rings is 1. The summed E-state index contributed by atoms with van der Waals surface area (Å²) in [5.41, 5.74) is 0.814. The number of carboxylic acids is 1. The Kier molecular flexibility index (Phi) is 4.23. The summed E-state index contributed by atoms with van der Waals surface area (Å²) in [7, 11) is 0. The van der Waals surface area contributed by atoms with Gasteiger partial charge in [-0.25, -0.2) is 4.79 Å². The Morgan fingerprint density at radius 3 is 2.81 bits per heavy atom. The molecule has 1 aromatic carbocycles. The van der Waals surface area contributed by atoms with Crippen LogP contribution in [0.3, 0.4) is 0 Å². The van der Waals surface area contributed by atoms with Gasteiger partial charge in [-0.05, 0) is 37.6 Å². The van der Waals surface area contributed by atoms with Crippen LogP contribution in [-0.2, 0) is 9.59 Å². The number of nitrogens with zero attached hydrogens (tertiary/aromatic N) is 1. The van der Waals surface area contributed by atoms with Crippen LogP contribution in [0.1, 0.15) is 19.4 Å². The van der Waals surface area contributed by atoms with Crippen molar-refractivity contribution in [3.8, 4) is 0 Å². The van der Waals surface area contributed by atoms with Gasteiger partial charge in [0.2, 0.25) is 5.91 Å². The first-order valence-electron chi connectivity index (χ1n) is 6.59. The van der Waals surface area contributed by atoms with Gasteiger partial charge in [0.25, 0.3) is 0 Å². The van der Waals surface area contributed by atoms with Crippen LogP contribution in [0.5, 0.6) is 0 Å². The third-order valence-electron chi connectivity index (χ3n) is 3.55. The Balaban J connectivity index is 2.31. The molecule has 0 atom stereocenters. The van der Waals surface area contributed by atoms with Crippen LogP contribution in [0.4, 0.5) is 5.69 Å². The predicted octanol–water partition coefficient (Wildman–Crippen LogP) is 2.15. The van der Waals surface area contributed by atoms with Crippen molar-refractivity contribution >= 4 is 35.2 Å². The summed E-state index contributed by atoms with van der Waals surface area (Å²) in [6.45, 7) is 4.99. The second-order valence-corrected chi connectivity index (χ2v) is 5.75. The molecule has 1 heterocycles. The number of carbonyl (C=O) groups excluding carboxylic acids is 1. The van der Waals surface area contributed by atoms with Crippen LogP contribution in [0.2, 0.25) is 5.02 Å². The van der Waals surface area contributed by atoms with E-state index in [1.807, 2.05) is 24.8 Å². The first-order valence-corrected chi connectivity index (χ1v) is 6.96.